The Morgan fingerprint density at radius 2 is 1.58 bits per heavy atom. The zero-order chi connectivity index (χ0) is 18.4. The minimum absolute atomic E-state index is 0.209. The number of rotatable bonds is 6. The zero-order valence-electron chi connectivity index (χ0n) is 14.1. The van der Waals surface area contributed by atoms with Crippen molar-refractivity contribution in [2.24, 2.45) is 5.92 Å². The van der Waals surface area contributed by atoms with Crippen molar-refractivity contribution < 1.29 is 9.90 Å². The molecule has 0 spiro atoms. The van der Waals surface area contributed by atoms with Gasteiger partial charge in [0.1, 0.15) is 0 Å². The van der Waals surface area contributed by atoms with Crippen molar-refractivity contribution in [3.8, 4) is 11.1 Å². The van der Waals surface area contributed by atoms with Gasteiger partial charge in [-0.25, -0.2) is 0 Å². The van der Waals surface area contributed by atoms with Gasteiger partial charge < -0.3 is 10.4 Å². The molecule has 0 radical (unpaired) electrons. The smallest absolute Gasteiger partial charge is 0.230 e. The average molecular weight is 367 g/mol. The molecule has 2 N–H and O–H groups in total. The second-order valence-electron chi connectivity index (χ2n) is 6.01. The van der Waals surface area contributed by atoms with Crippen LogP contribution in [0.2, 0.25) is 5.02 Å². The molecule has 1 heterocycles. The molecule has 26 heavy (non-hydrogen) atoms. The molecule has 0 saturated carbocycles. The van der Waals surface area contributed by atoms with Crippen molar-refractivity contribution >= 4 is 23.2 Å². The van der Waals surface area contributed by atoms with Gasteiger partial charge in [-0.2, -0.15) is 0 Å². The van der Waals surface area contributed by atoms with Gasteiger partial charge in [0.05, 0.1) is 12.5 Å². The molecule has 0 saturated heterocycles. The number of pyridine rings is 1. The number of aliphatic hydroxyl groups is 1. The number of amides is 1. The second-order valence-corrected chi connectivity index (χ2v) is 6.45. The van der Waals surface area contributed by atoms with E-state index in [1.54, 1.807) is 24.5 Å². The van der Waals surface area contributed by atoms with Crippen molar-refractivity contribution in [3.63, 3.8) is 0 Å². The van der Waals surface area contributed by atoms with Crippen LogP contribution >= 0.6 is 11.6 Å². The SMILES string of the molecule is O=C(Nc1ccc(-c2ccncc2)cc1)C(CO)Cc1ccc(Cl)cc1. The summed E-state index contributed by atoms with van der Waals surface area (Å²) in [5.41, 5.74) is 3.76. The Kier molecular flexibility index (Phi) is 6.00. The predicted molar refractivity (Wildman–Crippen MR) is 104 cm³/mol. The molecule has 1 amide bonds. The van der Waals surface area contributed by atoms with Gasteiger partial charge in [0, 0.05) is 23.1 Å². The molecule has 3 rings (SSSR count). The molecule has 0 fully saturated rings. The van der Waals surface area contributed by atoms with Gasteiger partial charge in [-0.1, -0.05) is 35.9 Å². The van der Waals surface area contributed by atoms with E-state index in [9.17, 15) is 9.90 Å². The topological polar surface area (TPSA) is 62.2 Å². The molecule has 1 atom stereocenters. The quantitative estimate of drug-likeness (QED) is 0.687. The normalized spacial score (nSPS) is 11.8. The van der Waals surface area contributed by atoms with E-state index in [1.165, 1.54) is 0 Å². The number of nitrogens with one attached hydrogen (secondary N) is 1. The van der Waals surface area contributed by atoms with Crippen LogP contribution in [-0.4, -0.2) is 22.6 Å². The summed E-state index contributed by atoms with van der Waals surface area (Å²) in [6, 6.07) is 18.7. The lowest BCUT2D eigenvalue weighted by Gasteiger charge is -2.15. The molecule has 1 unspecified atom stereocenters. The number of carbonyl (C=O) groups is 1. The largest absolute Gasteiger partial charge is 0.396 e. The number of halogens is 1. The summed E-state index contributed by atoms with van der Waals surface area (Å²) in [5.74, 6) is -0.727. The van der Waals surface area contributed by atoms with Crippen LogP contribution in [0.15, 0.2) is 73.1 Å². The number of carbonyl (C=O) groups excluding carboxylic acids is 1. The van der Waals surface area contributed by atoms with Gasteiger partial charge in [0.2, 0.25) is 5.91 Å². The maximum Gasteiger partial charge on any atom is 0.230 e. The van der Waals surface area contributed by atoms with Gasteiger partial charge in [-0.05, 0) is 59.5 Å². The predicted octanol–water partition coefficient (Wildman–Crippen LogP) is 4.19. The Balaban J connectivity index is 1.65. The van der Waals surface area contributed by atoms with Crippen molar-refractivity contribution in [2.75, 3.05) is 11.9 Å². The van der Waals surface area contributed by atoms with Gasteiger partial charge >= 0.3 is 0 Å². The molecule has 0 aliphatic rings. The van der Waals surface area contributed by atoms with Gasteiger partial charge in [0.15, 0.2) is 0 Å². The fourth-order valence-electron chi connectivity index (χ4n) is 2.68. The molecule has 0 aliphatic heterocycles. The van der Waals surface area contributed by atoms with E-state index in [4.69, 9.17) is 11.6 Å². The number of aliphatic hydroxyl groups excluding tert-OH is 1. The van der Waals surface area contributed by atoms with Crippen LogP contribution in [0.1, 0.15) is 5.56 Å². The highest BCUT2D eigenvalue weighted by Crippen LogP contribution is 2.21. The van der Waals surface area contributed by atoms with Crippen LogP contribution in [0, 0.1) is 5.92 Å². The lowest BCUT2D eigenvalue weighted by molar-refractivity contribution is -0.121. The lowest BCUT2D eigenvalue weighted by Crippen LogP contribution is -2.27. The highest BCUT2D eigenvalue weighted by Gasteiger charge is 2.18. The molecular weight excluding hydrogens is 348 g/mol. The third kappa shape index (κ3) is 4.69. The Labute approximate surface area is 157 Å². The van der Waals surface area contributed by atoms with Gasteiger partial charge in [-0.3, -0.25) is 9.78 Å². The number of benzene rings is 2. The summed E-state index contributed by atoms with van der Waals surface area (Å²) in [6.45, 7) is -0.219. The highest BCUT2D eigenvalue weighted by molar-refractivity contribution is 6.30. The van der Waals surface area contributed by atoms with E-state index < -0.39 is 5.92 Å². The summed E-state index contributed by atoms with van der Waals surface area (Å²) in [6.07, 6.45) is 3.94. The Morgan fingerprint density at radius 1 is 0.962 bits per heavy atom. The minimum atomic E-state index is -0.518. The number of aromatic nitrogens is 1. The van der Waals surface area contributed by atoms with Crippen LogP contribution in [0.25, 0.3) is 11.1 Å². The van der Waals surface area contributed by atoms with Gasteiger partial charge in [0.25, 0.3) is 0 Å². The van der Waals surface area contributed by atoms with Crippen LogP contribution in [0.3, 0.4) is 0 Å². The van der Waals surface area contributed by atoms with Crippen molar-refractivity contribution in [2.45, 2.75) is 6.42 Å². The second kappa shape index (κ2) is 8.61. The summed E-state index contributed by atoms with van der Waals surface area (Å²) in [4.78, 5) is 16.5. The van der Waals surface area contributed by atoms with Crippen LogP contribution in [0.5, 0.6) is 0 Å². The standard InChI is InChI=1S/C21H19ClN2O2/c22-19-5-1-15(2-6-19)13-18(14-25)21(26)24-20-7-3-16(4-8-20)17-9-11-23-12-10-17/h1-12,18,25H,13-14H2,(H,24,26). The fourth-order valence-corrected chi connectivity index (χ4v) is 2.81. The number of anilines is 1. The molecule has 0 bridgehead atoms. The molecule has 4 nitrogen and oxygen atoms in total. The molecule has 2 aromatic carbocycles. The molecular formula is C21H19ClN2O2. The maximum atomic E-state index is 12.5. The van der Waals surface area contributed by atoms with Crippen LogP contribution in [-0.2, 0) is 11.2 Å². The monoisotopic (exact) mass is 366 g/mol. The molecule has 132 valence electrons. The molecule has 5 heteroatoms. The average Bonchev–Trinajstić information content (AvgIpc) is 2.68. The summed E-state index contributed by atoms with van der Waals surface area (Å²) in [5, 5.41) is 13.1. The first-order chi connectivity index (χ1) is 12.7. The third-order valence-electron chi connectivity index (χ3n) is 4.15. The molecule has 3 aromatic rings. The number of hydrogen-bond acceptors (Lipinski definition) is 3. The minimum Gasteiger partial charge on any atom is -0.396 e. The van der Waals surface area contributed by atoms with Crippen LogP contribution in [0.4, 0.5) is 5.69 Å². The molecule has 1 aromatic heterocycles. The van der Waals surface area contributed by atoms with E-state index in [-0.39, 0.29) is 12.5 Å². The van der Waals surface area contributed by atoms with Crippen molar-refractivity contribution in [1.82, 2.24) is 4.98 Å². The maximum absolute atomic E-state index is 12.5. The summed E-state index contributed by atoms with van der Waals surface area (Å²) < 4.78 is 0. The Hall–Kier alpha value is -2.69. The van der Waals surface area contributed by atoms with E-state index in [0.717, 1.165) is 16.7 Å². The number of hydrogen-bond donors (Lipinski definition) is 2. The first kappa shape index (κ1) is 18.1. The summed E-state index contributed by atoms with van der Waals surface area (Å²) in [7, 11) is 0. The van der Waals surface area contributed by atoms with E-state index >= 15 is 0 Å². The number of nitrogens with zero attached hydrogens (tertiary/aromatic N) is 1. The molecule has 0 aliphatic carbocycles. The Bertz CT molecular complexity index is 849. The van der Waals surface area contributed by atoms with E-state index in [0.29, 0.717) is 17.1 Å². The van der Waals surface area contributed by atoms with Gasteiger partial charge in [-0.15, -0.1) is 0 Å². The Morgan fingerprint density at radius 3 is 2.19 bits per heavy atom. The first-order valence-electron chi connectivity index (χ1n) is 8.32. The van der Waals surface area contributed by atoms with Crippen molar-refractivity contribution in [1.29, 1.82) is 0 Å². The van der Waals surface area contributed by atoms with Crippen molar-refractivity contribution in [3.05, 3.63) is 83.6 Å². The third-order valence-corrected chi connectivity index (χ3v) is 4.40. The first-order valence-corrected chi connectivity index (χ1v) is 8.70. The lowest BCUT2D eigenvalue weighted by atomic mass is 9.99. The zero-order valence-corrected chi connectivity index (χ0v) is 14.9. The highest BCUT2D eigenvalue weighted by atomic mass is 35.5. The van der Waals surface area contributed by atoms with E-state index in [1.807, 2.05) is 48.5 Å². The van der Waals surface area contributed by atoms with Crippen LogP contribution < -0.4 is 5.32 Å². The summed E-state index contributed by atoms with van der Waals surface area (Å²) >= 11 is 5.88. The van der Waals surface area contributed by atoms with E-state index in [2.05, 4.69) is 10.3 Å². The fraction of sp³-hybridized carbons (Fsp3) is 0.143.